The standard InChI is InChI=1S/C17H16O2/c1-12-5-7-13(8-6-12)11-19-17-4-2-3-14-15(17)9-10-16(14)18/h2-8H,9-11H2,1H3. The van der Waals surface area contributed by atoms with E-state index in [2.05, 4.69) is 31.2 Å². The topological polar surface area (TPSA) is 26.3 Å². The number of aryl methyl sites for hydroxylation is 1. The Bertz CT molecular complexity index is 612. The van der Waals surface area contributed by atoms with E-state index >= 15 is 0 Å². The molecule has 1 aliphatic carbocycles. The van der Waals surface area contributed by atoms with Gasteiger partial charge in [-0.2, -0.15) is 0 Å². The fraction of sp³-hybridized carbons (Fsp3) is 0.235. The Hall–Kier alpha value is -2.09. The second-order valence-electron chi connectivity index (χ2n) is 4.98. The van der Waals surface area contributed by atoms with E-state index in [1.54, 1.807) is 0 Å². The van der Waals surface area contributed by atoms with Gasteiger partial charge in [-0.3, -0.25) is 4.79 Å². The molecule has 0 saturated heterocycles. The van der Waals surface area contributed by atoms with Crippen LogP contribution in [-0.4, -0.2) is 5.78 Å². The molecular weight excluding hydrogens is 236 g/mol. The van der Waals surface area contributed by atoms with Crippen LogP contribution < -0.4 is 4.74 Å². The summed E-state index contributed by atoms with van der Waals surface area (Å²) in [5.74, 6) is 1.08. The smallest absolute Gasteiger partial charge is 0.163 e. The highest BCUT2D eigenvalue weighted by Gasteiger charge is 2.22. The number of fused-ring (bicyclic) bond motifs is 1. The highest BCUT2D eigenvalue weighted by atomic mass is 16.5. The first-order valence-electron chi connectivity index (χ1n) is 6.57. The molecule has 2 aromatic carbocycles. The molecule has 0 aromatic heterocycles. The zero-order valence-corrected chi connectivity index (χ0v) is 11.0. The van der Waals surface area contributed by atoms with Crippen molar-refractivity contribution in [2.24, 2.45) is 0 Å². The van der Waals surface area contributed by atoms with Crippen LogP contribution in [0.15, 0.2) is 42.5 Å². The number of hydrogen-bond acceptors (Lipinski definition) is 2. The van der Waals surface area contributed by atoms with Crippen LogP contribution >= 0.6 is 0 Å². The van der Waals surface area contributed by atoms with Crippen molar-refractivity contribution in [1.29, 1.82) is 0 Å². The minimum atomic E-state index is 0.232. The molecule has 0 heterocycles. The van der Waals surface area contributed by atoms with Crippen LogP contribution in [0.25, 0.3) is 0 Å². The number of carbonyl (C=O) groups excluding carboxylic acids is 1. The van der Waals surface area contributed by atoms with Gasteiger partial charge in [-0.15, -0.1) is 0 Å². The molecule has 1 aliphatic rings. The van der Waals surface area contributed by atoms with Gasteiger partial charge in [-0.1, -0.05) is 42.0 Å². The Labute approximate surface area is 113 Å². The molecule has 0 bridgehead atoms. The van der Waals surface area contributed by atoms with Crippen molar-refractivity contribution in [3.8, 4) is 5.75 Å². The fourth-order valence-corrected chi connectivity index (χ4v) is 2.44. The summed E-state index contributed by atoms with van der Waals surface area (Å²) in [4.78, 5) is 11.7. The quantitative estimate of drug-likeness (QED) is 0.832. The summed E-state index contributed by atoms with van der Waals surface area (Å²) in [5.41, 5.74) is 4.29. The van der Waals surface area contributed by atoms with Crippen molar-refractivity contribution in [3.63, 3.8) is 0 Å². The van der Waals surface area contributed by atoms with Crippen LogP contribution in [0.4, 0.5) is 0 Å². The Balaban J connectivity index is 1.78. The maximum Gasteiger partial charge on any atom is 0.163 e. The normalized spacial score (nSPS) is 13.4. The summed E-state index contributed by atoms with van der Waals surface area (Å²) in [6.07, 6.45) is 1.42. The van der Waals surface area contributed by atoms with Crippen LogP contribution in [0, 0.1) is 6.92 Å². The largest absolute Gasteiger partial charge is 0.489 e. The number of Topliss-reactive ketones (excluding diaryl/α,β-unsaturated/α-hetero) is 1. The van der Waals surface area contributed by atoms with E-state index in [1.165, 1.54) is 5.56 Å². The average Bonchev–Trinajstić information content (AvgIpc) is 2.81. The molecule has 96 valence electrons. The number of carbonyl (C=O) groups is 1. The number of benzene rings is 2. The van der Waals surface area contributed by atoms with Crippen LogP contribution in [0.1, 0.15) is 33.5 Å². The Morgan fingerprint density at radius 3 is 2.63 bits per heavy atom. The molecule has 19 heavy (non-hydrogen) atoms. The summed E-state index contributed by atoms with van der Waals surface area (Å²) in [6.45, 7) is 2.62. The number of ketones is 1. The lowest BCUT2D eigenvalue weighted by atomic mass is 10.1. The van der Waals surface area contributed by atoms with Crippen LogP contribution in [0.2, 0.25) is 0 Å². The van der Waals surface area contributed by atoms with Gasteiger partial charge in [0.2, 0.25) is 0 Å². The predicted molar refractivity (Wildman–Crippen MR) is 74.6 cm³/mol. The zero-order chi connectivity index (χ0) is 13.2. The maximum atomic E-state index is 11.7. The van der Waals surface area contributed by atoms with Crippen LogP contribution in [0.3, 0.4) is 0 Å². The van der Waals surface area contributed by atoms with Crippen molar-refractivity contribution < 1.29 is 9.53 Å². The molecule has 2 nitrogen and oxygen atoms in total. The number of rotatable bonds is 3. The molecule has 0 radical (unpaired) electrons. The second kappa shape index (κ2) is 4.88. The molecule has 2 heteroatoms. The molecule has 0 amide bonds. The van der Waals surface area contributed by atoms with E-state index in [-0.39, 0.29) is 5.78 Å². The third-order valence-electron chi connectivity index (χ3n) is 3.55. The summed E-state index contributed by atoms with van der Waals surface area (Å²) >= 11 is 0. The Morgan fingerprint density at radius 1 is 1.05 bits per heavy atom. The van der Waals surface area contributed by atoms with E-state index in [4.69, 9.17) is 4.74 Å². The maximum absolute atomic E-state index is 11.7. The molecule has 3 rings (SSSR count). The summed E-state index contributed by atoms with van der Waals surface area (Å²) in [5, 5.41) is 0. The van der Waals surface area contributed by atoms with Gasteiger partial charge in [0.25, 0.3) is 0 Å². The summed E-state index contributed by atoms with van der Waals surface area (Å²) < 4.78 is 5.87. The van der Waals surface area contributed by atoms with Crippen LogP contribution in [0.5, 0.6) is 5.75 Å². The van der Waals surface area contributed by atoms with E-state index in [0.29, 0.717) is 13.0 Å². The van der Waals surface area contributed by atoms with Gasteiger partial charge in [-0.25, -0.2) is 0 Å². The lowest BCUT2D eigenvalue weighted by Gasteiger charge is -2.10. The van der Waals surface area contributed by atoms with Crippen LogP contribution in [-0.2, 0) is 13.0 Å². The molecule has 0 N–H and O–H groups in total. The van der Waals surface area contributed by atoms with E-state index in [1.807, 2.05) is 18.2 Å². The van der Waals surface area contributed by atoms with Gasteiger partial charge < -0.3 is 4.74 Å². The van der Waals surface area contributed by atoms with Crippen molar-refractivity contribution in [2.75, 3.05) is 0 Å². The molecule has 0 saturated carbocycles. The first-order valence-corrected chi connectivity index (χ1v) is 6.57. The number of ether oxygens (including phenoxy) is 1. The van der Waals surface area contributed by atoms with Crippen molar-refractivity contribution in [2.45, 2.75) is 26.4 Å². The van der Waals surface area contributed by atoms with Crippen molar-refractivity contribution in [1.82, 2.24) is 0 Å². The van der Waals surface area contributed by atoms with Gasteiger partial charge in [-0.05, 0) is 25.0 Å². The van der Waals surface area contributed by atoms with E-state index in [9.17, 15) is 4.79 Å². The summed E-state index contributed by atoms with van der Waals surface area (Å²) in [6, 6.07) is 14.0. The minimum Gasteiger partial charge on any atom is -0.489 e. The molecule has 2 aromatic rings. The number of hydrogen-bond donors (Lipinski definition) is 0. The SMILES string of the molecule is Cc1ccc(COc2cccc3c2CCC3=O)cc1. The van der Waals surface area contributed by atoms with E-state index < -0.39 is 0 Å². The molecular formula is C17H16O2. The van der Waals surface area contributed by atoms with Gasteiger partial charge in [0.05, 0.1) is 0 Å². The third kappa shape index (κ3) is 2.39. The highest BCUT2D eigenvalue weighted by molar-refractivity contribution is 6.01. The Kier molecular flexibility index (Phi) is 3.08. The highest BCUT2D eigenvalue weighted by Crippen LogP contribution is 2.30. The van der Waals surface area contributed by atoms with E-state index in [0.717, 1.165) is 28.9 Å². The average molecular weight is 252 g/mol. The first kappa shape index (κ1) is 12.0. The van der Waals surface area contributed by atoms with Crippen molar-refractivity contribution >= 4 is 5.78 Å². The lowest BCUT2D eigenvalue weighted by Crippen LogP contribution is -1.99. The van der Waals surface area contributed by atoms with Gasteiger partial charge in [0.1, 0.15) is 12.4 Å². The Morgan fingerprint density at radius 2 is 1.84 bits per heavy atom. The zero-order valence-electron chi connectivity index (χ0n) is 11.0. The lowest BCUT2D eigenvalue weighted by molar-refractivity contribution is 0.0994. The third-order valence-corrected chi connectivity index (χ3v) is 3.55. The summed E-state index contributed by atoms with van der Waals surface area (Å²) in [7, 11) is 0. The van der Waals surface area contributed by atoms with Gasteiger partial charge in [0.15, 0.2) is 5.78 Å². The van der Waals surface area contributed by atoms with Crippen molar-refractivity contribution in [3.05, 3.63) is 64.7 Å². The monoisotopic (exact) mass is 252 g/mol. The van der Waals surface area contributed by atoms with Gasteiger partial charge >= 0.3 is 0 Å². The molecule has 0 fully saturated rings. The first-order chi connectivity index (χ1) is 9.24. The molecule has 0 spiro atoms. The second-order valence-corrected chi connectivity index (χ2v) is 4.98. The molecule has 0 unspecified atom stereocenters. The predicted octanol–water partition coefficient (Wildman–Crippen LogP) is 3.70. The fourth-order valence-electron chi connectivity index (χ4n) is 2.44. The molecule has 0 aliphatic heterocycles. The van der Waals surface area contributed by atoms with Gasteiger partial charge in [0, 0.05) is 17.5 Å². The minimum absolute atomic E-state index is 0.232. The molecule has 0 atom stereocenters.